The summed E-state index contributed by atoms with van der Waals surface area (Å²) in [6.45, 7) is 10.5. The van der Waals surface area contributed by atoms with Crippen molar-refractivity contribution in [1.29, 1.82) is 0 Å². The monoisotopic (exact) mass is 971 g/mol. The van der Waals surface area contributed by atoms with Crippen molar-refractivity contribution in [2.45, 2.75) is 159 Å². The lowest BCUT2D eigenvalue weighted by Gasteiger charge is -2.71. The number of benzene rings is 1. The third-order valence-electron chi connectivity index (χ3n) is 22.0. The van der Waals surface area contributed by atoms with Crippen LogP contribution in [0.15, 0.2) is 59.4 Å². The lowest BCUT2D eigenvalue weighted by atomic mass is 9.31. The van der Waals surface area contributed by atoms with Crippen molar-refractivity contribution in [3.8, 4) is 11.8 Å². The lowest BCUT2D eigenvalue weighted by molar-refractivity contribution is -0.295. The minimum atomic E-state index is -1.52. The number of ketones is 1. The Morgan fingerprint density at radius 3 is 2.66 bits per heavy atom. The molecule has 11 aliphatic rings. The Bertz CT molecular complexity index is 2570. The van der Waals surface area contributed by atoms with Gasteiger partial charge in [-0.15, -0.1) is 0 Å². The molecular formula is C59H74N2O10. The molecule has 4 bridgehead atoms. The van der Waals surface area contributed by atoms with Crippen molar-refractivity contribution in [1.82, 2.24) is 10.2 Å². The van der Waals surface area contributed by atoms with Crippen molar-refractivity contribution in [3.05, 3.63) is 71.8 Å². The predicted molar refractivity (Wildman–Crippen MR) is 260 cm³/mol. The molecule has 12 nitrogen and oxygen atoms in total. The number of fused-ring (bicyclic) bond motifs is 4. The van der Waals surface area contributed by atoms with Gasteiger partial charge in [0.25, 0.3) is 0 Å². The summed E-state index contributed by atoms with van der Waals surface area (Å²) in [5.41, 5.74) is -5.00. The van der Waals surface area contributed by atoms with Gasteiger partial charge in [0.05, 0.1) is 43.4 Å². The lowest BCUT2D eigenvalue weighted by Crippen LogP contribution is -2.81. The van der Waals surface area contributed by atoms with Crippen LogP contribution in [-0.2, 0) is 51.8 Å². The third-order valence-corrected chi connectivity index (χ3v) is 22.0. The zero-order valence-electron chi connectivity index (χ0n) is 42.1. The fourth-order valence-electron chi connectivity index (χ4n) is 19.0. The number of hydrogen-bond donors (Lipinski definition) is 3. The number of nitrogens with one attached hydrogen (secondary N) is 1. The first-order valence-corrected chi connectivity index (χ1v) is 27.6. The number of cyclic esters (lactones) is 1. The number of hydrogen-bond acceptors (Lipinski definition) is 12. The van der Waals surface area contributed by atoms with Gasteiger partial charge in [0.15, 0.2) is 17.5 Å². The number of aliphatic hydroxyl groups excluding tert-OH is 2. The van der Waals surface area contributed by atoms with Crippen molar-refractivity contribution in [2.24, 2.45) is 75.4 Å². The van der Waals surface area contributed by atoms with Crippen LogP contribution in [0.5, 0.6) is 0 Å². The van der Waals surface area contributed by atoms with E-state index < -0.39 is 69.2 Å². The molecule has 0 radical (unpaired) electrons. The standard InChI is InChI=1S/C59H74N2O10/c1-34(2)16-21-54(3)50-49(64)51(65)58-43-26-36(25-35-9-6-5-7-10-35)12-13-37(43)11-8-20-57(42-19-24-67-45(42)28-40(31-62)38-14-15-41-39(27-38)18-23-61-33-60-30-44(41)61)55(4,59(58)52(70-59)53(66)71-57)22-17-46(58)56(50)32-68-48(63)29-47(56)69-54/h5-7,9-10,18-19,23-24,34,36-41,43-44,46-47,50-52,60,62,65H,12-17,20-22,25-33H2,1-4H3. The molecule has 2 aromatic rings. The summed E-state index contributed by atoms with van der Waals surface area (Å²) in [4.78, 5) is 47.6. The summed E-state index contributed by atoms with van der Waals surface area (Å²) < 4.78 is 34.4. The van der Waals surface area contributed by atoms with Crippen LogP contribution in [0, 0.1) is 87.3 Å². The molecule has 1 aromatic heterocycles. The van der Waals surface area contributed by atoms with E-state index in [1.165, 1.54) is 5.56 Å². The number of epoxide rings is 1. The summed E-state index contributed by atoms with van der Waals surface area (Å²) in [6, 6.07) is 13.0. The molecule has 9 fully saturated rings. The third kappa shape index (κ3) is 6.25. The first kappa shape index (κ1) is 46.8. The summed E-state index contributed by atoms with van der Waals surface area (Å²) in [6.07, 6.45) is 12.7. The van der Waals surface area contributed by atoms with E-state index in [1.807, 2.05) is 19.1 Å². The van der Waals surface area contributed by atoms with E-state index >= 15 is 9.59 Å². The Balaban J connectivity index is 0.951. The first-order chi connectivity index (χ1) is 34.2. The highest BCUT2D eigenvalue weighted by Crippen LogP contribution is 2.84. The molecule has 19 atom stereocenters. The van der Waals surface area contributed by atoms with E-state index in [4.69, 9.17) is 23.4 Å². The van der Waals surface area contributed by atoms with Crippen LogP contribution in [-0.4, -0.2) is 94.8 Å². The van der Waals surface area contributed by atoms with E-state index in [-0.39, 0.29) is 67.4 Å². The van der Waals surface area contributed by atoms with Gasteiger partial charge in [-0.1, -0.05) is 69.0 Å². The van der Waals surface area contributed by atoms with Crippen molar-refractivity contribution in [2.75, 3.05) is 26.4 Å². The number of aliphatic hydroxyl groups is 2. The molecule has 4 saturated carbocycles. The average molecular weight is 971 g/mol. The number of Topliss-reactive ketones (excluding diaryl/α,β-unsaturated/α-hetero) is 1. The second kappa shape index (κ2) is 16.5. The summed E-state index contributed by atoms with van der Waals surface area (Å²) in [7, 11) is 0. The largest absolute Gasteiger partial charge is 0.469 e. The maximum Gasteiger partial charge on any atom is 0.339 e. The second-order valence-corrected chi connectivity index (χ2v) is 25.3. The van der Waals surface area contributed by atoms with Crippen LogP contribution >= 0.6 is 0 Å². The second-order valence-electron chi connectivity index (χ2n) is 25.3. The summed E-state index contributed by atoms with van der Waals surface area (Å²) in [5.74, 6) is 7.13. The molecule has 5 aliphatic carbocycles. The topological polar surface area (TPSA) is 160 Å². The zero-order chi connectivity index (χ0) is 48.9. The van der Waals surface area contributed by atoms with Gasteiger partial charge in [0.2, 0.25) is 0 Å². The Kier molecular flexibility index (Phi) is 10.9. The summed E-state index contributed by atoms with van der Waals surface area (Å²) in [5, 5.41) is 28.8. The van der Waals surface area contributed by atoms with E-state index in [2.05, 4.69) is 79.4 Å². The van der Waals surface area contributed by atoms with Crippen LogP contribution in [0.25, 0.3) is 0 Å². The van der Waals surface area contributed by atoms with Gasteiger partial charge in [0, 0.05) is 53.3 Å². The smallest absolute Gasteiger partial charge is 0.339 e. The molecular weight excluding hydrogens is 897 g/mol. The Hall–Kier alpha value is -3.99. The number of ether oxygens (including phenoxy) is 4. The van der Waals surface area contributed by atoms with Crippen LogP contribution in [0.2, 0.25) is 0 Å². The van der Waals surface area contributed by atoms with Gasteiger partial charge in [-0.3, -0.25) is 14.9 Å². The number of carbonyl (C=O) groups excluding carboxylic acids is 3. The molecule has 380 valence electrons. The Labute approximate surface area is 418 Å². The highest BCUT2D eigenvalue weighted by molar-refractivity contribution is 5.92. The number of rotatable bonds is 10. The fraction of sp³-hybridized carbons (Fsp3) is 0.712. The van der Waals surface area contributed by atoms with Gasteiger partial charge in [-0.2, -0.15) is 0 Å². The number of carbonyl (C=O) groups is 3. The van der Waals surface area contributed by atoms with Crippen molar-refractivity contribution < 1.29 is 48.0 Å². The van der Waals surface area contributed by atoms with Crippen LogP contribution in [0.1, 0.15) is 122 Å². The van der Waals surface area contributed by atoms with Crippen LogP contribution in [0.4, 0.5) is 0 Å². The van der Waals surface area contributed by atoms with Crippen molar-refractivity contribution in [3.63, 3.8) is 0 Å². The zero-order valence-corrected chi connectivity index (χ0v) is 42.1. The van der Waals surface area contributed by atoms with Gasteiger partial charge in [-0.05, 0) is 143 Å². The van der Waals surface area contributed by atoms with Crippen LogP contribution < -0.4 is 5.32 Å². The number of allylic oxidation sites excluding steroid dienone is 1. The molecule has 3 N–H and O–H groups in total. The molecule has 71 heavy (non-hydrogen) atoms. The maximum absolute atomic E-state index is 16.3. The molecule has 12 heteroatoms. The van der Waals surface area contributed by atoms with Gasteiger partial charge >= 0.3 is 11.9 Å². The SMILES string of the molecule is CC(C)CCC1(C)OC2CC(=O)OCC23C1C(=O)C(O)C12C4CC(Cc5ccccc5)CCC4C#CCC4(c5ccoc5CC(CO)C5CCC6C(C=CN7CNCC67)C5)OC(=O)C5OC51C4(C)CCC32. The van der Waals surface area contributed by atoms with Gasteiger partial charge < -0.3 is 38.5 Å². The van der Waals surface area contributed by atoms with Gasteiger partial charge in [-0.25, -0.2) is 4.79 Å². The molecule has 5 saturated heterocycles. The minimum absolute atomic E-state index is 0.00174. The molecule has 0 amide bonds. The average Bonchev–Trinajstić information content (AvgIpc) is 3.59. The Morgan fingerprint density at radius 1 is 1.00 bits per heavy atom. The van der Waals surface area contributed by atoms with E-state index in [1.54, 1.807) is 6.26 Å². The summed E-state index contributed by atoms with van der Waals surface area (Å²) >= 11 is 0. The molecule has 6 aliphatic heterocycles. The molecule has 3 spiro atoms. The molecule has 1 aromatic carbocycles. The highest BCUT2D eigenvalue weighted by atomic mass is 16.7. The Morgan fingerprint density at radius 2 is 1.85 bits per heavy atom. The van der Waals surface area contributed by atoms with Crippen molar-refractivity contribution >= 4 is 17.7 Å². The molecule has 7 heterocycles. The predicted octanol–water partition coefficient (Wildman–Crippen LogP) is 7.28. The van der Waals surface area contributed by atoms with E-state index in [0.717, 1.165) is 63.7 Å². The minimum Gasteiger partial charge on any atom is -0.469 e. The quantitative estimate of drug-likeness (QED) is 0.124. The number of esters is 2. The van der Waals surface area contributed by atoms with Gasteiger partial charge in [0.1, 0.15) is 24.1 Å². The normalized spacial score (nSPS) is 47.0. The van der Waals surface area contributed by atoms with E-state index in [0.29, 0.717) is 61.7 Å². The number of nitrogens with zero attached hydrogens (tertiary/aromatic N) is 1. The highest BCUT2D eigenvalue weighted by Gasteiger charge is 2.95. The maximum atomic E-state index is 16.3. The van der Waals surface area contributed by atoms with E-state index in [9.17, 15) is 15.0 Å². The molecule has 19 unspecified atom stereocenters. The van der Waals surface area contributed by atoms with Crippen LogP contribution in [0.3, 0.4) is 0 Å². The fourth-order valence-corrected chi connectivity index (χ4v) is 19.0. The number of furan rings is 1. The first-order valence-electron chi connectivity index (χ1n) is 27.6. The molecule has 13 rings (SSSR count).